The van der Waals surface area contributed by atoms with E-state index in [2.05, 4.69) is 197 Å². The van der Waals surface area contributed by atoms with E-state index in [1.54, 1.807) is 0 Å². The van der Waals surface area contributed by atoms with E-state index in [4.69, 9.17) is 0 Å². The molecule has 0 amide bonds. The Kier molecular flexibility index (Phi) is 7.11. The maximum Gasteiger partial charge on any atom is 0.0546 e. The van der Waals surface area contributed by atoms with E-state index in [0.29, 0.717) is 0 Å². The molecule has 0 N–H and O–H groups in total. The number of hydrogen-bond donors (Lipinski definition) is 0. The van der Waals surface area contributed by atoms with E-state index in [0.717, 1.165) is 11.4 Å². The first-order valence-electron chi connectivity index (χ1n) is 17.0. The molecule has 1 heteroatoms. The zero-order chi connectivity index (χ0) is 33.0. The lowest BCUT2D eigenvalue weighted by Gasteiger charge is -2.32. The molecule has 0 spiro atoms. The van der Waals surface area contributed by atoms with Gasteiger partial charge in [-0.3, -0.25) is 0 Å². The van der Waals surface area contributed by atoms with Crippen LogP contribution in [0.3, 0.4) is 0 Å². The molecule has 7 aromatic carbocycles. The summed E-state index contributed by atoms with van der Waals surface area (Å²) in [5, 5.41) is 2.50. The molecule has 0 aromatic heterocycles. The minimum atomic E-state index is -0.101. The smallest absolute Gasteiger partial charge is 0.0546 e. The van der Waals surface area contributed by atoms with Crippen molar-refractivity contribution in [2.75, 3.05) is 4.90 Å². The van der Waals surface area contributed by atoms with Crippen molar-refractivity contribution < 1.29 is 0 Å². The van der Waals surface area contributed by atoms with Crippen molar-refractivity contribution in [2.24, 2.45) is 0 Å². The van der Waals surface area contributed by atoms with E-state index in [9.17, 15) is 0 Å². The highest BCUT2D eigenvalue weighted by atomic mass is 15.1. The second-order valence-electron chi connectivity index (χ2n) is 14.6. The van der Waals surface area contributed by atoms with Gasteiger partial charge >= 0.3 is 0 Å². The molecule has 0 atom stereocenters. The highest BCUT2D eigenvalue weighted by molar-refractivity contribution is 6.06. The Morgan fingerprint density at radius 3 is 1.85 bits per heavy atom. The largest absolute Gasteiger partial charge is 0.310 e. The molecule has 1 aliphatic rings. The molecule has 0 unspecified atom stereocenters. The molecule has 1 nitrogen and oxygen atoms in total. The molecule has 0 radical (unpaired) electrons. The molecule has 8 rings (SSSR count). The third-order valence-corrected chi connectivity index (χ3v) is 10.2. The second kappa shape index (κ2) is 11.4. The van der Waals surface area contributed by atoms with Gasteiger partial charge in [0.1, 0.15) is 0 Å². The SMILES string of the molecule is CC(C)(C)c1ccccc1-c1c(N(c2ccc(-c3ccccc3)cc2)c2ccc3c(c2)C(C)(C)c2ccccc2-3)ccc2ccccc12. The van der Waals surface area contributed by atoms with E-state index in [1.807, 2.05) is 0 Å². The van der Waals surface area contributed by atoms with Gasteiger partial charge in [-0.15, -0.1) is 0 Å². The Balaban J connectivity index is 1.40. The third-order valence-electron chi connectivity index (χ3n) is 10.2. The maximum atomic E-state index is 2.48. The van der Waals surface area contributed by atoms with Crippen LogP contribution in [0.4, 0.5) is 17.1 Å². The third kappa shape index (κ3) is 4.93. The lowest BCUT2D eigenvalue weighted by molar-refractivity contribution is 0.592. The Morgan fingerprint density at radius 2 is 1.08 bits per heavy atom. The zero-order valence-electron chi connectivity index (χ0n) is 28.5. The van der Waals surface area contributed by atoms with E-state index >= 15 is 0 Å². The van der Waals surface area contributed by atoms with E-state index in [-0.39, 0.29) is 10.8 Å². The summed E-state index contributed by atoms with van der Waals surface area (Å²) in [6, 6.07) is 58.1. The van der Waals surface area contributed by atoms with Crippen LogP contribution in [0, 0.1) is 0 Å². The standard InChI is InChI=1S/C47H41N/c1-46(2,3)41-21-13-12-20-40(41)45-37-18-10-9-17-34(37)25-30-44(45)48(35-26-23-33(24-27-35)32-15-7-6-8-16-32)36-28-29-39-38-19-11-14-22-42(38)47(4,5)43(39)31-36/h6-31H,1-5H3. The fourth-order valence-electron chi connectivity index (χ4n) is 7.78. The Hall–Kier alpha value is -5.40. The van der Waals surface area contributed by atoms with Gasteiger partial charge in [-0.1, -0.05) is 162 Å². The van der Waals surface area contributed by atoms with Gasteiger partial charge in [0.2, 0.25) is 0 Å². The lowest BCUT2D eigenvalue weighted by Crippen LogP contribution is -2.17. The van der Waals surface area contributed by atoms with Crippen LogP contribution in [0.5, 0.6) is 0 Å². The van der Waals surface area contributed by atoms with Gasteiger partial charge in [-0.05, 0) is 91.0 Å². The number of benzene rings is 7. The first kappa shape index (κ1) is 30.0. The molecule has 1 aliphatic carbocycles. The van der Waals surface area contributed by atoms with Crippen molar-refractivity contribution in [3.63, 3.8) is 0 Å². The zero-order valence-corrected chi connectivity index (χ0v) is 28.5. The fourth-order valence-corrected chi connectivity index (χ4v) is 7.78. The summed E-state index contributed by atoms with van der Waals surface area (Å²) in [4.78, 5) is 2.48. The molecular weight excluding hydrogens is 579 g/mol. The van der Waals surface area contributed by atoms with Gasteiger partial charge in [0, 0.05) is 22.4 Å². The van der Waals surface area contributed by atoms with Crippen LogP contribution in [0.1, 0.15) is 51.3 Å². The fraction of sp³-hybridized carbons (Fsp3) is 0.149. The summed E-state index contributed by atoms with van der Waals surface area (Å²) in [6.45, 7) is 11.7. The lowest BCUT2D eigenvalue weighted by atomic mass is 9.80. The predicted molar refractivity (Wildman–Crippen MR) is 206 cm³/mol. The van der Waals surface area contributed by atoms with Gasteiger partial charge in [0.25, 0.3) is 0 Å². The average molecular weight is 620 g/mol. The van der Waals surface area contributed by atoms with Crippen LogP contribution < -0.4 is 4.90 Å². The number of nitrogens with zero attached hydrogens (tertiary/aromatic N) is 1. The number of rotatable bonds is 5. The monoisotopic (exact) mass is 619 g/mol. The van der Waals surface area contributed by atoms with E-state index < -0.39 is 0 Å². The van der Waals surface area contributed by atoms with Crippen LogP contribution in [0.2, 0.25) is 0 Å². The van der Waals surface area contributed by atoms with Gasteiger partial charge in [-0.2, -0.15) is 0 Å². The topological polar surface area (TPSA) is 3.24 Å². The van der Waals surface area contributed by atoms with Crippen molar-refractivity contribution in [3.05, 3.63) is 174 Å². The van der Waals surface area contributed by atoms with Gasteiger partial charge in [0.05, 0.1) is 5.69 Å². The van der Waals surface area contributed by atoms with Crippen molar-refractivity contribution in [3.8, 4) is 33.4 Å². The van der Waals surface area contributed by atoms with Crippen molar-refractivity contribution in [2.45, 2.75) is 45.4 Å². The number of anilines is 3. The molecular formula is C47H41N. The molecule has 0 bridgehead atoms. The van der Waals surface area contributed by atoms with Gasteiger partial charge in [0.15, 0.2) is 0 Å². The minimum Gasteiger partial charge on any atom is -0.310 e. The maximum absolute atomic E-state index is 2.48. The normalized spacial score (nSPS) is 13.3. The molecule has 0 fully saturated rings. The van der Waals surface area contributed by atoms with Crippen LogP contribution in [-0.4, -0.2) is 0 Å². The first-order valence-corrected chi connectivity index (χ1v) is 17.0. The summed E-state index contributed by atoms with van der Waals surface area (Å²) in [7, 11) is 0. The highest BCUT2D eigenvalue weighted by Gasteiger charge is 2.36. The Bertz CT molecular complexity index is 2280. The number of hydrogen-bond acceptors (Lipinski definition) is 1. The van der Waals surface area contributed by atoms with Crippen molar-refractivity contribution in [1.82, 2.24) is 0 Å². The summed E-state index contributed by atoms with van der Waals surface area (Å²) < 4.78 is 0. The van der Waals surface area contributed by atoms with E-state index in [1.165, 1.54) is 66.5 Å². The van der Waals surface area contributed by atoms with Crippen LogP contribution >= 0.6 is 0 Å². The molecule has 0 saturated heterocycles. The van der Waals surface area contributed by atoms with Crippen molar-refractivity contribution in [1.29, 1.82) is 0 Å². The van der Waals surface area contributed by atoms with Crippen LogP contribution in [-0.2, 0) is 10.8 Å². The highest BCUT2D eigenvalue weighted by Crippen LogP contribution is 2.52. The molecule has 48 heavy (non-hydrogen) atoms. The second-order valence-corrected chi connectivity index (χ2v) is 14.6. The predicted octanol–water partition coefficient (Wildman–Crippen LogP) is 13.2. The molecule has 0 saturated carbocycles. The van der Waals surface area contributed by atoms with Gasteiger partial charge < -0.3 is 4.90 Å². The Morgan fingerprint density at radius 1 is 0.479 bits per heavy atom. The minimum absolute atomic E-state index is 0.0314. The molecule has 0 heterocycles. The Labute approximate surface area is 285 Å². The summed E-state index contributed by atoms with van der Waals surface area (Å²) in [6.07, 6.45) is 0. The van der Waals surface area contributed by atoms with Crippen molar-refractivity contribution >= 4 is 27.8 Å². The summed E-state index contributed by atoms with van der Waals surface area (Å²) >= 11 is 0. The molecule has 234 valence electrons. The molecule has 0 aliphatic heterocycles. The van der Waals surface area contributed by atoms with Crippen LogP contribution in [0.25, 0.3) is 44.2 Å². The quantitative estimate of drug-likeness (QED) is 0.185. The summed E-state index contributed by atoms with van der Waals surface area (Å²) in [5.74, 6) is 0. The van der Waals surface area contributed by atoms with Crippen LogP contribution in [0.15, 0.2) is 158 Å². The first-order chi connectivity index (χ1) is 23.2. The molecule has 7 aromatic rings. The summed E-state index contributed by atoms with van der Waals surface area (Å²) in [5.41, 5.74) is 15.1. The van der Waals surface area contributed by atoms with Gasteiger partial charge in [-0.25, -0.2) is 0 Å². The number of fused-ring (bicyclic) bond motifs is 4. The average Bonchev–Trinajstić information content (AvgIpc) is 3.34.